The maximum absolute atomic E-state index is 12.9. The second kappa shape index (κ2) is 14.4. The van der Waals surface area contributed by atoms with Gasteiger partial charge in [0.15, 0.2) is 0 Å². The minimum atomic E-state index is -0.640. The second-order valence-corrected chi connectivity index (χ2v) is 9.75. The van der Waals surface area contributed by atoms with Crippen LogP contribution in [0.4, 0.5) is 21.9 Å². The number of rotatable bonds is 12. The fourth-order valence-electron chi connectivity index (χ4n) is 4.03. The Bertz CT molecular complexity index is 1350. The molecule has 0 spiro atoms. The molecule has 0 saturated carbocycles. The van der Waals surface area contributed by atoms with E-state index in [2.05, 4.69) is 10.6 Å². The summed E-state index contributed by atoms with van der Waals surface area (Å²) in [7, 11) is 0. The number of nitrogen functional groups attached to an aromatic ring is 1. The Kier molecular flexibility index (Phi) is 10.7. The first kappa shape index (κ1) is 29.7. The molecule has 1 atom stereocenters. The number of hydrogen-bond acceptors (Lipinski definition) is 7. The number of nitrogens with one attached hydrogen (secondary N) is 2. The number of carbonyl (C=O) groups is 2. The van der Waals surface area contributed by atoms with Crippen LogP contribution in [0.2, 0.25) is 0 Å². The van der Waals surface area contributed by atoms with Crippen molar-refractivity contribution in [2.75, 3.05) is 29.6 Å². The Balaban J connectivity index is 1.70. The smallest absolute Gasteiger partial charge is 0.412 e. The highest BCUT2D eigenvalue weighted by molar-refractivity contribution is 6.01. The van der Waals surface area contributed by atoms with Crippen LogP contribution in [0, 0.1) is 16.7 Å². The van der Waals surface area contributed by atoms with Gasteiger partial charge in [-0.2, -0.15) is 5.26 Å². The van der Waals surface area contributed by atoms with E-state index in [1.54, 1.807) is 66.7 Å². The summed E-state index contributed by atoms with van der Waals surface area (Å²) in [6, 6.07) is 22.7. The summed E-state index contributed by atoms with van der Waals surface area (Å²) in [6.07, 6.45) is 3.11. The Morgan fingerprint density at radius 2 is 1.75 bits per heavy atom. The van der Waals surface area contributed by atoms with Gasteiger partial charge < -0.3 is 25.6 Å². The Hall–Kier alpha value is -4.81. The van der Waals surface area contributed by atoms with Crippen LogP contribution in [0.5, 0.6) is 5.75 Å². The third-order valence-electron chi connectivity index (χ3n) is 6.18. The highest BCUT2D eigenvalue weighted by atomic mass is 16.6. The lowest BCUT2D eigenvalue weighted by Gasteiger charge is -2.34. The molecule has 0 aliphatic carbocycles. The highest BCUT2D eigenvalue weighted by Crippen LogP contribution is 2.41. The van der Waals surface area contributed by atoms with Crippen molar-refractivity contribution in [2.24, 2.45) is 5.41 Å². The molecular formula is C31H34N4O5. The van der Waals surface area contributed by atoms with Crippen LogP contribution < -0.4 is 21.1 Å². The summed E-state index contributed by atoms with van der Waals surface area (Å²) in [5, 5.41) is 23.5. The van der Waals surface area contributed by atoms with Crippen LogP contribution in [-0.2, 0) is 9.53 Å². The van der Waals surface area contributed by atoms with Crippen LogP contribution in [-0.4, -0.2) is 30.3 Å². The number of amides is 2. The molecule has 2 amide bonds. The van der Waals surface area contributed by atoms with Gasteiger partial charge in [-0.3, -0.25) is 10.1 Å². The molecule has 3 aromatic carbocycles. The molecule has 0 aliphatic heterocycles. The third kappa shape index (κ3) is 8.89. The largest absolute Gasteiger partial charge is 0.491 e. The molecule has 208 valence electrons. The molecule has 0 heterocycles. The van der Waals surface area contributed by atoms with E-state index in [-0.39, 0.29) is 19.1 Å². The maximum atomic E-state index is 12.9. The number of ether oxygens (including phenoxy) is 2. The zero-order chi connectivity index (χ0) is 29.0. The highest BCUT2D eigenvalue weighted by Gasteiger charge is 2.34. The van der Waals surface area contributed by atoms with Gasteiger partial charge in [-0.15, -0.1) is 0 Å². The Labute approximate surface area is 234 Å². The van der Waals surface area contributed by atoms with Crippen molar-refractivity contribution in [1.82, 2.24) is 0 Å². The van der Waals surface area contributed by atoms with Gasteiger partial charge in [-0.1, -0.05) is 44.2 Å². The predicted molar refractivity (Wildman–Crippen MR) is 155 cm³/mol. The third-order valence-corrected chi connectivity index (χ3v) is 6.18. The molecule has 0 fully saturated rings. The maximum Gasteiger partial charge on any atom is 0.412 e. The molecule has 9 nitrogen and oxygen atoms in total. The number of allylic oxidation sites excluding steroid dienone is 1. The lowest BCUT2D eigenvalue weighted by Crippen LogP contribution is -2.29. The number of carbonyl (C=O) groups excluding carboxylic acids is 2. The molecule has 0 aliphatic rings. The minimum absolute atomic E-state index is 0.0969. The van der Waals surface area contributed by atoms with Crippen molar-refractivity contribution in [3.63, 3.8) is 0 Å². The zero-order valence-corrected chi connectivity index (χ0v) is 22.6. The van der Waals surface area contributed by atoms with Crippen molar-refractivity contribution >= 4 is 29.1 Å². The number of aliphatic hydroxyl groups is 1. The van der Waals surface area contributed by atoms with Gasteiger partial charge in [-0.05, 0) is 73.0 Å². The van der Waals surface area contributed by atoms with Crippen LogP contribution in [0.15, 0.2) is 84.9 Å². The number of hydrogen-bond donors (Lipinski definition) is 4. The number of nitriles is 1. The van der Waals surface area contributed by atoms with E-state index in [1.807, 2.05) is 32.0 Å². The van der Waals surface area contributed by atoms with Crippen LogP contribution in [0.25, 0.3) is 0 Å². The zero-order valence-electron chi connectivity index (χ0n) is 22.6. The van der Waals surface area contributed by atoms with Gasteiger partial charge in [-0.25, -0.2) is 4.79 Å². The minimum Gasteiger partial charge on any atom is -0.491 e. The monoisotopic (exact) mass is 542 g/mol. The van der Waals surface area contributed by atoms with Crippen molar-refractivity contribution in [3.05, 3.63) is 96.1 Å². The summed E-state index contributed by atoms with van der Waals surface area (Å²) in [4.78, 5) is 25.2. The number of benzene rings is 3. The van der Waals surface area contributed by atoms with Gasteiger partial charge in [0, 0.05) is 11.1 Å². The number of nitrogens with two attached hydrogens (primary N) is 1. The van der Waals surface area contributed by atoms with Crippen molar-refractivity contribution in [2.45, 2.75) is 32.8 Å². The van der Waals surface area contributed by atoms with Crippen molar-refractivity contribution in [3.8, 4) is 11.8 Å². The number of para-hydroxylation sites is 2. The summed E-state index contributed by atoms with van der Waals surface area (Å²) < 4.78 is 11.4. The normalized spacial score (nSPS) is 11.8. The summed E-state index contributed by atoms with van der Waals surface area (Å²) >= 11 is 0. The van der Waals surface area contributed by atoms with Gasteiger partial charge in [0.1, 0.15) is 18.5 Å². The van der Waals surface area contributed by atoms with E-state index in [9.17, 15) is 9.59 Å². The van der Waals surface area contributed by atoms with E-state index < -0.39 is 17.6 Å². The number of anilines is 3. The molecule has 5 N–H and O–H groups in total. The molecule has 0 aromatic heterocycles. The fourth-order valence-corrected chi connectivity index (χ4v) is 4.03. The lowest BCUT2D eigenvalue weighted by molar-refractivity contribution is -0.111. The number of aliphatic hydroxyl groups excluding tert-OH is 1. The molecule has 9 heteroatoms. The summed E-state index contributed by atoms with van der Waals surface area (Å²) in [5.74, 6) is 0.299. The van der Waals surface area contributed by atoms with Crippen molar-refractivity contribution < 1.29 is 24.2 Å². The van der Waals surface area contributed by atoms with Gasteiger partial charge in [0.05, 0.1) is 29.6 Å². The first-order valence-electron chi connectivity index (χ1n) is 12.9. The molecule has 0 bridgehead atoms. The quantitative estimate of drug-likeness (QED) is 0.167. The van der Waals surface area contributed by atoms with E-state index >= 15 is 0 Å². The number of nitrogens with zero attached hydrogens (tertiary/aromatic N) is 1. The predicted octanol–water partition coefficient (Wildman–Crippen LogP) is 5.80. The molecule has 3 aromatic rings. The van der Waals surface area contributed by atoms with Crippen LogP contribution >= 0.6 is 0 Å². The first-order chi connectivity index (χ1) is 19.2. The standard InChI is InChI=1S/C31H34N4O5/c1-31(2,18-6-5-9-28(37)35-27-8-4-3-7-26(27)33)29(23-12-16-25(17-13-23)39-20-19-36)40-30(38)34-24-14-10-22(21-32)11-15-24/h3-5,7-17,29,36H,6,18-20,33H2,1-2H3,(H,34,38)(H,35,37)/b9-5+/t29-/m1/s1. The van der Waals surface area contributed by atoms with Gasteiger partial charge in [0.25, 0.3) is 0 Å². The molecule has 0 saturated heterocycles. The average molecular weight is 543 g/mol. The Morgan fingerprint density at radius 3 is 2.40 bits per heavy atom. The second-order valence-electron chi connectivity index (χ2n) is 9.75. The molecule has 40 heavy (non-hydrogen) atoms. The summed E-state index contributed by atoms with van der Waals surface area (Å²) in [5.41, 5.74) is 8.13. The SMILES string of the molecule is CC(C)(CC/C=C/C(=O)Nc1ccccc1N)[C@H](OC(=O)Nc1ccc(C#N)cc1)c1ccc(OCCO)cc1. The lowest BCUT2D eigenvalue weighted by atomic mass is 9.78. The molecule has 0 radical (unpaired) electrons. The molecule has 3 rings (SSSR count). The summed E-state index contributed by atoms with van der Waals surface area (Å²) in [6.45, 7) is 4.05. The van der Waals surface area contributed by atoms with E-state index in [1.165, 1.54) is 6.08 Å². The van der Waals surface area contributed by atoms with E-state index in [0.717, 1.165) is 5.56 Å². The van der Waals surface area contributed by atoms with Crippen LogP contribution in [0.1, 0.15) is 43.9 Å². The average Bonchev–Trinajstić information content (AvgIpc) is 2.95. The topological polar surface area (TPSA) is 147 Å². The van der Waals surface area contributed by atoms with Gasteiger partial charge >= 0.3 is 6.09 Å². The Morgan fingerprint density at radius 1 is 1.05 bits per heavy atom. The molecular weight excluding hydrogens is 508 g/mol. The van der Waals surface area contributed by atoms with E-state index in [4.69, 9.17) is 25.6 Å². The van der Waals surface area contributed by atoms with Crippen LogP contribution in [0.3, 0.4) is 0 Å². The fraction of sp³-hybridized carbons (Fsp3) is 0.258. The van der Waals surface area contributed by atoms with Gasteiger partial charge in [0.2, 0.25) is 5.91 Å². The first-order valence-corrected chi connectivity index (χ1v) is 12.9. The van der Waals surface area contributed by atoms with Crippen molar-refractivity contribution in [1.29, 1.82) is 5.26 Å². The van der Waals surface area contributed by atoms with E-state index in [0.29, 0.717) is 41.2 Å². The molecule has 0 unspecified atom stereocenters.